The largest absolute Gasteiger partial charge is 0.326 e. The Morgan fingerprint density at radius 3 is 2.00 bits per heavy atom. The predicted octanol–water partition coefficient (Wildman–Crippen LogP) is 2.78. The topological polar surface area (TPSA) is 58.2 Å². The molecule has 2 rings (SSSR count). The molecule has 18 heavy (non-hydrogen) atoms. The van der Waals surface area contributed by atoms with Crippen LogP contribution in [-0.2, 0) is 9.59 Å². The molecule has 0 aliphatic heterocycles. The number of benzene rings is 1. The highest BCUT2D eigenvalue weighted by atomic mass is 35.5. The number of hydrogen-bond donors (Lipinski definition) is 2. The van der Waals surface area contributed by atoms with Crippen LogP contribution >= 0.6 is 23.2 Å². The van der Waals surface area contributed by atoms with Crippen molar-refractivity contribution in [2.24, 2.45) is 5.92 Å². The van der Waals surface area contributed by atoms with E-state index in [9.17, 15) is 9.59 Å². The third-order valence-electron chi connectivity index (χ3n) is 2.62. The van der Waals surface area contributed by atoms with E-state index >= 15 is 0 Å². The van der Waals surface area contributed by atoms with Crippen molar-refractivity contribution in [3.8, 4) is 0 Å². The maximum Gasteiger partial charge on any atom is 0.230 e. The molecular weight excluding hydrogens is 275 g/mol. The summed E-state index contributed by atoms with van der Waals surface area (Å²) in [6.07, 6.45) is 0.478. The highest BCUT2D eigenvalue weighted by molar-refractivity contribution is 6.52. The van der Waals surface area contributed by atoms with Crippen LogP contribution in [0.5, 0.6) is 0 Å². The van der Waals surface area contributed by atoms with Gasteiger partial charge in [0.2, 0.25) is 11.8 Å². The molecule has 1 saturated carbocycles. The van der Waals surface area contributed by atoms with Gasteiger partial charge in [0.05, 0.1) is 5.92 Å². The summed E-state index contributed by atoms with van der Waals surface area (Å²) in [6.45, 7) is 1.43. The summed E-state index contributed by atoms with van der Waals surface area (Å²) in [6, 6.07) is 6.82. The van der Waals surface area contributed by atoms with Crippen molar-refractivity contribution >= 4 is 46.4 Å². The summed E-state index contributed by atoms with van der Waals surface area (Å²) >= 11 is 11.6. The van der Waals surface area contributed by atoms with Crippen molar-refractivity contribution in [3.05, 3.63) is 24.3 Å². The lowest BCUT2D eigenvalue weighted by Crippen LogP contribution is -2.16. The molecule has 0 bridgehead atoms. The van der Waals surface area contributed by atoms with Crippen LogP contribution in [0.4, 0.5) is 11.4 Å². The van der Waals surface area contributed by atoms with Gasteiger partial charge in [-0.05, 0) is 30.7 Å². The lowest BCUT2D eigenvalue weighted by Gasteiger charge is -2.07. The molecule has 4 nitrogen and oxygen atoms in total. The molecule has 1 aromatic rings. The van der Waals surface area contributed by atoms with E-state index in [-0.39, 0.29) is 17.7 Å². The van der Waals surface area contributed by atoms with Crippen molar-refractivity contribution < 1.29 is 9.59 Å². The van der Waals surface area contributed by atoms with E-state index in [0.29, 0.717) is 17.8 Å². The Bertz CT molecular complexity index is 485. The zero-order valence-electron chi connectivity index (χ0n) is 9.67. The first-order valence-electron chi connectivity index (χ1n) is 5.45. The average Bonchev–Trinajstić information content (AvgIpc) is 2.90. The first kappa shape index (κ1) is 13.2. The number of nitrogens with one attached hydrogen (secondary N) is 2. The Morgan fingerprint density at radius 2 is 1.61 bits per heavy atom. The number of hydrogen-bond acceptors (Lipinski definition) is 2. The van der Waals surface area contributed by atoms with Gasteiger partial charge >= 0.3 is 0 Å². The predicted molar refractivity (Wildman–Crippen MR) is 71.9 cm³/mol. The highest BCUT2D eigenvalue weighted by Gasteiger charge is 2.56. The van der Waals surface area contributed by atoms with Crippen molar-refractivity contribution in [1.29, 1.82) is 0 Å². The number of anilines is 2. The Labute approximate surface area is 115 Å². The van der Waals surface area contributed by atoms with Crippen LogP contribution in [0.2, 0.25) is 0 Å². The molecule has 0 heterocycles. The molecule has 6 heteroatoms. The number of rotatable bonds is 3. The van der Waals surface area contributed by atoms with Crippen molar-refractivity contribution in [3.63, 3.8) is 0 Å². The Hall–Kier alpha value is -1.26. The van der Waals surface area contributed by atoms with E-state index in [1.54, 1.807) is 24.3 Å². The molecule has 0 radical (unpaired) electrons. The minimum absolute atomic E-state index is 0.140. The minimum Gasteiger partial charge on any atom is -0.326 e. The first-order chi connectivity index (χ1) is 8.38. The van der Waals surface area contributed by atoms with Gasteiger partial charge in [-0.15, -0.1) is 23.2 Å². The van der Waals surface area contributed by atoms with Crippen molar-refractivity contribution in [2.45, 2.75) is 17.7 Å². The van der Waals surface area contributed by atoms with Crippen molar-refractivity contribution in [1.82, 2.24) is 0 Å². The SMILES string of the molecule is CC(=O)Nc1ccc(NC(=O)[C@@H]2CC2(Cl)Cl)cc1. The maximum atomic E-state index is 11.7. The third-order valence-corrected chi connectivity index (χ3v) is 3.45. The number of carbonyl (C=O) groups is 2. The summed E-state index contributed by atoms with van der Waals surface area (Å²) in [5.74, 6) is -0.679. The fourth-order valence-corrected chi connectivity index (χ4v) is 2.07. The average molecular weight is 287 g/mol. The first-order valence-corrected chi connectivity index (χ1v) is 6.20. The van der Waals surface area contributed by atoms with Gasteiger partial charge in [-0.25, -0.2) is 0 Å². The monoisotopic (exact) mass is 286 g/mol. The van der Waals surface area contributed by atoms with Gasteiger partial charge in [0.1, 0.15) is 4.33 Å². The second-order valence-electron chi connectivity index (χ2n) is 4.27. The molecule has 0 aromatic heterocycles. The fraction of sp³-hybridized carbons (Fsp3) is 0.333. The fourth-order valence-electron chi connectivity index (χ4n) is 1.57. The zero-order valence-corrected chi connectivity index (χ0v) is 11.2. The second-order valence-corrected chi connectivity index (χ2v) is 5.81. The van der Waals surface area contributed by atoms with Gasteiger partial charge in [0, 0.05) is 18.3 Å². The molecule has 1 fully saturated rings. The van der Waals surface area contributed by atoms with Crippen LogP contribution in [0.1, 0.15) is 13.3 Å². The van der Waals surface area contributed by atoms with E-state index in [4.69, 9.17) is 23.2 Å². The molecule has 1 aromatic carbocycles. The van der Waals surface area contributed by atoms with Gasteiger partial charge in [-0.1, -0.05) is 0 Å². The van der Waals surface area contributed by atoms with E-state index in [1.165, 1.54) is 6.92 Å². The zero-order chi connectivity index (χ0) is 13.3. The summed E-state index contributed by atoms with van der Waals surface area (Å²) in [5, 5.41) is 5.36. The number of carbonyl (C=O) groups excluding carboxylic acids is 2. The lowest BCUT2D eigenvalue weighted by atomic mass is 10.2. The van der Waals surface area contributed by atoms with Crippen LogP contribution < -0.4 is 10.6 Å². The van der Waals surface area contributed by atoms with E-state index < -0.39 is 4.33 Å². The molecule has 1 atom stereocenters. The van der Waals surface area contributed by atoms with Crippen LogP contribution in [0.15, 0.2) is 24.3 Å². The Morgan fingerprint density at radius 1 is 1.17 bits per heavy atom. The maximum absolute atomic E-state index is 11.7. The Balaban J connectivity index is 1.94. The van der Waals surface area contributed by atoms with Gasteiger partial charge in [-0.3, -0.25) is 9.59 Å². The summed E-state index contributed by atoms with van der Waals surface area (Å²) in [5.41, 5.74) is 1.32. The Kier molecular flexibility index (Phi) is 3.50. The van der Waals surface area contributed by atoms with Gasteiger partial charge < -0.3 is 10.6 Å². The number of halogens is 2. The lowest BCUT2D eigenvalue weighted by molar-refractivity contribution is -0.117. The molecule has 0 unspecified atom stereocenters. The van der Waals surface area contributed by atoms with Gasteiger partial charge in [0.15, 0.2) is 0 Å². The van der Waals surface area contributed by atoms with Crippen molar-refractivity contribution in [2.75, 3.05) is 10.6 Å². The summed E-state index contributed by atoms with van der Waals surface area (Å²) in [7, 11) is 0. The van der Waals surface area contributed by atoms with Crippen LogP contribution in [0.25, 0.3) is 0 Å². The third kappa shape index (κ3) is 3.15. The van der Waals surface area contributed by atoms with E-state index in [2.05, 4.69) is 10.6 Å². The van der Waals surface area contributed by atoms with E-state index in [0.717, 1.165) is 0 Å². The smallest absolute Gasteiger partial charge is 0.230 e. The number of alkyl halides is 2. The molecule has 0 saturated heterocycles. The number of amides is 2. The summed E-state index contributed by atoms with van der Waals surface area (Å²) < 4.78 is -0.916. The minimum atomic E-state index is -0.916. The quantitative estimate of drug-likeness (QED) is 0.840. The normalized spacial score (nSPS) is 20.1. The molecule has 96 valence electrons. The van der Waals surface area contributed by atoms with Crippen LogP contribution in [-0.4, -0.2) is 16.1 Å². The molecule has 2 amide bonds. The molecule has 1 aliphatic carbocycles. The van der Waals surface area contributed by atoms with Crippen LogP contribution in [0.3, 0.4) is 0 Å². The standard InChI is InChI=1S/C12H12Cl2N2O2/c1-7(17)15-8-2-4-9(5-3-8)16-11(18)10-6-12(10,13)14/h2-5,10H,6H2,1H3,(H,15,17)(H,16,18)/t10-/m0/s1. The molecule has 1 aliphatic rings. The van der Waals surface area contributed by atoms with Gasteiger partial charge in [0.25, 0.3) is 0 Å². The molecular formula is C12H12Cl2N2O2. The molecule has 0 spiro atoms. The summed E-state index contributed by atoms with van der Waals surface area (Å²) in [4.78, 5) is 22.5. The van der Waals surface area contributed by atoms with E-state index in [1.807, 2.05) is 0 Å². The highest BCUT2D eigenvalue weighted by Crippen LogP contribution is 2.53. The molecule has 2 N–H and O–H groups in total. The van der Waals surface area contributed by atoms with Gasteiger partial charge in [-0.2, -0.15) is 0 Å². The van der Waals surface area contributed by atoms with Crippen LogP contribution in [0, 0.1) is 5.92 Å². The second kappa shape index (κ2) is 4.78.